The second-order valence-corrected chi connectivity index (χ2v) is 16.5. The molecule has 1 unspecified atom stereocenters. The minimum atomic E-state index is -1.75. The van der Waals surface area contributed by atoms with Crippen molar-refractivity contribution in [3.63, 3.8) is 0 Å². The molecule has 0 N–H and O–H groups in total. The largest absolute Gasteiger partial charge is 0.468 e. The first-order valence-electron chi connectivity index (χ1n) is 10.1. The lowest BCUT2D eigenvalue weighted by Gasteiger charge is -2.39. The van der Waals surface area contributed by atoms with Gasteiger partial charge < -0.3 is 9.16 Å². The Morgan fingerprint density at radius 3 is 2.18 bits per heavy atom. The Morgan fingerprint density at radius 1 is 1.07 bits per heavy atom. The molecule has 0 aliphatic rings. The molecule has 0 aliphatic heterocycles. The van der Waals surface area contributed by atoms with Crippen molar-refractivity contribution in [3.05, 3.63) is 33.4 Å². The number of hydrogen-bond acceptors (Lipinski definition) is 3. The van der Waals surface area contributed by atoms with Gasteiger partial charge in [-0.25, -0.2) is 0 Å². The van der Waals surface area contributed by atoms with Gasteiger partial charge in [-0.3, -0.25) is 4.79 Å². The summed E-state index contributed by atoms with van der Waals surface area (Å²) in [5.41, 5.74) is 0.492. The van der Waals surface area contributed by atoms with E-state index in [0.717, 1.165) is 35.0 Å². The molecule has 1 aromatic rings. The summed E-state index contributed by atoms with van der Waals surface area (Å²) in [6.45, 7) is 18.7. The first-order valence-corrected chi connectivity index (χ1v) is 14.1. The molecule has 1 rings (SSSR count). The van der Waals surface area contributed by atoms with Gasteiger partial charge in [0.1, 0.15) is 0 Å². The highest BCUT2D eigenvalue weighted by Crippen LogP contribution is 2.39. The molecule has 0 radical (unpaired) electrons. The molecule has 0 fully saturated rings. The van der Waals surface area contributed by atoms with E-state index in [9.17, 15) is 4.79 Å². The highest BCUT2D eigenvalue weighted by Gasteiger charge is 2.39. The highest BCUT2D eigenvalue weighted by molar-refractivity contribution is 14.1. The summed E-state index contributed by atoms with van der Waals surface area (Å²) < 4.78 is 12.8. The number of carbonyl (C=O) groups excluding carboxylic acids is 1. The molecule has 1 atom stereocenters. The van der Waals surface area contributed by atoms with Crippen molar-refractivity contribution in [1.29, 1.82) is 0 Å². The Morgan fingerprint density at radius 2 is 1.68 bits per heavy atom. The average molecular weight is 519 g/mol. The molecule has 0 saturated carbocycles. The second-order valence-electron chi connectivity index (χ2n) is 10.4. The van der Waals surface area contributed by atoms with Crippen molar-refractivity contribution >= 4 is 36.9 Å². The Bertz CT molecular complexity index is 664. The topological polar surface area (TPSA) is 35.5 Å². The van der Waals surface area contributed by atoms with E-state index < -0.39 is 13.7 Å². The van der Waals surface area contributed by atoms with E-state index in [1.54, 1.807) is 0 Å². The molecule has 3 nitrogen and oxygen atoms in total. The van der Waals surface area contributed by atoms with Crippen LogP contribution in [0.4, 0.5) is 0 Å². The van der Waals surface area contributed by atoms with Crippen molar-refractivity contribution in [3.8, 4) is 0 Å². The summed E-state index contributed by atoms with van der Waals surface area (Å²) in [5, 5.41) is 0.219. The van der Waals surface area contributed by atoms with E-state index in [4.69, 9.17) is 9.16 Å². The number of rotatable bonds is 9. The predicted molar refractivity (Wildman–Crippen MR) is 129 cm³/mol. The molecule has 0 amide bonds. The zero-order valence-corrected chi connectivity index (χ0v) is 22.4. The standard InChI is InChI=1S/C23H39IO3Si/c1-21(2,3)28(8,9)27-17-22(4,5)14-11-15-23(6,20(25)26-7)18-12-10-13-19(24)16-18/h10,12-13,16H,11,14-15,17H2,1-9H3. The third-order valence-corrected chi connectivity index (χ3v) is 11.4. The van der Waals surface area contributed by atoms with Crippen LogP contribution in [0, 0.1) is 8.99 Å². The van der Waals surface area contributed by atoms with E-state index in [0.29, 0.717) is 0 Å². The summed E-state index contributed by atoms with van der Waals surface area (Å²) in [7, 11) is -0.270. The molecule has 0 aliphatic carbocycles. The number of benzene rings is 1. The monoisotopic (exact) mass is 518 g/mol. The Kier molecular flexibility index (Phi) is 8.79. The number of hydrogen-bond donors (Lipinski definition) is 0. The second kappa shape index (κ2) is 9.60. The van der Waals surface area contributed by atoms with E-state index in [2.05, 4.69) is 76.4 Å². The first-order chi connectivity index (χ1) is 12.6. The van der Waals surface area contributed by atoms with Crippen LogP contribution in [0.3, 0.4) is 0 Å². The van der Waals surface area contributed by atoms with Gasteiger partial charge in [0.25, 0.3) is 0 Å². The van der Waals surface area contributed by atoms with Crippen molar-refractivity contribution in [2.75, 3.05) is 13.7 Å². The molecule has 160 valence electrons. The zero-order valence-electron chi connectivity index (χ0n) is 19.2. The SMILES string of the molecule is COC(=O)C(C)(CCCC(C)(C)CO[Si](C)(C)C(C)(C)C)c1cccc(I)c1. The molecule has 0 spiro atoms. The van der Waals surface area contributed by atoms with E-state index in [1.165, 1.54) is 7.11 Å². The van der Waals surface area contributed by atoms with Gasteiger partial charge in [0.05, 0.1) is 12.5 Å². The fourth-order valence-corrected chi connectivity index (χ4v) is 4.73. The van der Waals surface area contributed by atoms with E-state index in [1.807, 2.05) is 25.1 Å². The lowest BCUT2D eigenvalue weighted by atomic mass is 9.76. The van der Waals surface area contributed by atoms with Crippen molar-refractivity contribution in [2.45, 2.75) is 84.4 Å². The van der Waals surface area contributed by atoms with Crippen LogP contribution in [0.2, 0.25) is 18.1 Å². The van der Waals surface area contributed by atoms with Crippen LogP contribution >= 0.6 is 22.6 Å². The number of ether oxygens (including phenoxy) is 1. The van der Waals surface area contributed by atoms with Crippen LogP contribution < -0.4 is 0 Å². The molecule has 5 heteroatoms. The Balaban J connectivity index is 2.80. The maximum atomic E-state index is 12.6. The average Bonchev–Trinajstić information content (AvgIpc) is 2.58. The van der Waals surface area contributed by atoms with Gasteiger partial charge in [0, 0.05) is 10.2 Å². The minimum absolute atomic E-state index is 0.0810. The molecule has 0 heterocycles. The van der Waals surface area contributed by atoms with Crippen molar-refractivity contribution < 1.29 is 14.0 Å². The van der Waals surface area contributed by atoms with Crippen molar-refractivity contribution in [2.24, 2.45) is 5.41 Å². The summed E-state index contributed by atoms with van der Waals surface area (Å²) >= 11 is 2.29. The molecular weight excluding hydrogens is 479 g/mol. The molecule has 0 saturated heterocycles. The maximum Gasteiger partial charge on any atom is 0.315 e. The molecule has 28 heavy (non-hydrogen) atoms. The lowest BCUT2D eigenvalue weighted by Crippen LogP contribution is -2.43. The minimum Gasteiger partial charge on any atom is -0.468 e. The maximum absolute atomic E-state index is 12.6. The predicted octanol–water partition coefficient (Wildman–Crippen LogP) is 6.94. The van der Waals surface area contributed by atoms with Gasteiger partial charge in [0.2, 0.25) is 0 Å². The summed E-state index contributed by atoms with van der Waals surface area (Å²) in [6.07, 6.45) is 2.73. The van der Waals surface area contributed by atoms with Gasteiger partial charge in [0.15, 0.2) is 8.32 Å². The van der Waals surface area contributed by atoms with Gasteiger partial charge in [-0.05, 0) is 83.6 Å². The van der Waals surface area contributed by atoms with Gasteiger partial charge in [-0.2, -0.15) is 0 Å². The third-order valence-electron chi connectivity index (χ3n) is 6.26. The summed E-state index contributed by atoms with van der Waals surface area (Å²) in [5.74, 6) is -0.162. The van der Waals surface area contributed by atoms with E-state index >= 15 is 0 Å². The Hall–Kier alpha value is -0.403. The van der Waals surface area contributed by atoms with Gasteiger partial charge in [-0.1, -0.05) is 53.2 Å². The number of carbonyl (C=O) groups is 1. The highest BCUT2D eigenvalue weighted by atomic mass is 127. The van der Waals surface area contributed by atoms with Crippen LogP contribution in [0.25, 0.3) is 0 Å². The van der Waals surface area contributed by atoms with Crippen LogP contribution in [0.1, 0.15) is 66.4 Å². The normalized spacial score (nSPS) is 15.2. The smallest absolute Gasteiger partial charge is 0.315 e. The quantitative estimate of drug-likeness (QED) is 0.202. The fourth-order valence-electron chi connectivity index (χ4n) is 3.01. The lowest BCUT2D eigenvalue weighted by molar-refractivity contribution is -0.147. The van der Waals surface area contributed by atoms with Gasteiger partial charge >= 0.3 is 5.97 Å². The fraction of sp³-hybridized carbons (Fsp3) is 0.696. The third kappa shape index (κ3) is 6.84. The number of halogens is 1. The number of esters is 1. The zero-order chi connectivity index (χ0) is 21.8. The van der Waals surface area contributed by atoms with Crippen LogP contribution in [0.15, 0.2) is 24.3 Å². The number of methoxy groups -OCH3 is 1. The van der Waals surface area contributed by atoms with E-state index in [-0.39, 0.29) is 16.4 Å². The van der Waals surface area contributed by atoms with Crippen LogP contribution in [0.5, 0.6) is 0 Å². The summed E-state index contributed by atoms with van der Waals surface area (Å²) in [6, 6.07) is 8.17. The Labute approximate surface area is 187 Å². The molecular formula is C23H39IO3Si. The first kappa shape index (κ1) is 25.6. The molecule has 0 bridgehead atoms. The molecule has 0 aromatic heterocycles. The molecule has 1 aromatic carbocycles. The van der Waals surface area contributed by atoms with Crippen LogP contribution in [-0.4, -0.2) is 28.0 Å². The summed E-state index contributed by atoms with van der Waals surface area (Å²) in [4.78, 5) is 12.6. The van der Waals surface area contributed by atoms with Crippen LogP contribution in [-0.2, 0) is 19.4 Å². The van der Waals surface area contributed by atoms with Crippen molar-refractivity contribution in [1.82, 2.24) is 0 Å². The van der Waals surface area contributed by atoms with Gasteiger partial charge in [-0.15, -0.1) is 0 Å².